The third kappa shape index (κ3) is 2.79. The van der Waals surface area contributed by atoms with Crippen LogP contribution < -0.4 is 0 Å². The summed E-state index contributed by atoms with van der Waals surface area (Å²) in [6.07, 6.45) is 10.6. The standard InChI is InChI=1S/C19H34N2/c1-3-15-10-19(11-15)4-6-21(7-5-19)12-16-8-17-13-20(2)14-18(17)9-16/h15-18H,3-14H2,1-2H3. The van der Waals surface area contributed by atoms with Crippen molar-refractivity contribution in [1.82, 2.24) is 9.80 Å². The number of rotatable bonds is 3. The van der Waals surface area contributed by atoms with E-state index in [0.717, 1.165) is 29.1 Å². The molecule has 2 saturated carbocycles. The molecule has 4 rings (SSSR count). The molecule has 2 saturated heterocycles. The van der Waals surface area contributed by atoms with E-state index in [-0.39, 0.29) is 0 Å². The van der Waals surface area contributed by atoms with Gasteiger partial charge in [0.2, 0.25) is 0 Å². The molecule has 2 heteroatoms. The molecule has 2 aliphatic heterocycles. The zero-order chi connectivity index (χ0) is 14.4. The second-order valence-electron chi connectivity index (χ2n) is 9.06. The second-order valence-corrected chi connectivity index (χ2v) is 9.06. The lowest BCUT2D eigenvalue weighted by Crippen LogP contribution is -2.47. The molecule has 2 atom stereocenters. The molecule has 0 N–H and O–H groups in total. The van der Waals surface area contributed by atoms with Crippen LogP contribution >= 0.6 is 0 Å². The molecule has 2 heterocycles. The highest BCUT2D eigenvalue weighted by Crippen LogP contribution is 2.53. The smallest absolute Gasteiger partial charge is 0.000996 e. The first-order chi connectivity index (χ1) is 10.2. The van der Waals surface area contributed by atoms with Crippen molar-refractivity contribution in [1.29, 1.82) is 0 Å². The SMILES string of the molecule is CCC1CC2(CCN(CC3CC4CN(C)CC4C3)CC2)C1. The minimum atomic E-state index is 0.798. The first kappa shape index (κ1) is 14.5. The van der Waals surface area contributed by atoms with Gasteiger partial charge < -0.3 is 9.80 Å². The Morgan fingerprint density at radius 2 is 1.57 bits per heavy atom. The first-order valence-electron chi connectivity index (χ1n) is 9.57. The summed E-state index contributed by atoms with van der Waals surface area (Å²) >= 11 is 0. The summed E-state index contributed by atoms with van der Waals surface area (Å²) in [6, 6.07) is 0. The van der Waals surface area contributed by atoms with Gasteiger partial charge in [-0.3, -0.25) is 0 Å². The lowest BCUT2D eigenvalue weighted by Gasteiger charge is -2.52. The van der Waals surface area contributed by atoms with Gasteiger partial charge in [0.15, 0.2) is 0 Å². The summed E-state index contributed by atoms with van der Waals surface area (Å²) in [5.74, 6) is 4.16. The van der Waals surface area contributed by atoms with E-state index in [9.17, 15) is 0 Å². The molecule has 0 amide bonds. The molecule has 4 fully saturated rings. The van der Waals surface area contributed by atoms with Crippen LogP contribution in [0, 0.1) is 29.1 Å². The zero-order valence-electron chi connectivity index (χ0n) is 14.2. The Morgan fingerprint density at radius 3 is 2.14 bits per heavy atom. The molecule has 1 spiro atoms. The monoisotopic (exact) mass is 290 g/mol. The average molecular weight is 290 g/mol. The van der Waals surface area contributed by atoms with E-state index in [1.165, 1.54) is 64.8 Å². The second kappa shape index (κ2) is 5.53. The molecule has 2 aliphatic carbocycles. The van der Waals surface area contributed by atoms with Gasteiger partial charge in [-0.2, -0.15) is 0 Å². The van der Waals surface area contributed by atoms with Gasteiger partial charge in [0, 0.05) is 19.6 Å². The Morgan fingerprint density at radius 1 is 0.952 bits per heavy atom. The third-order valence-corrected chi connectivity index (χ3v) is 7.49. The molecule has 0 aromatic carbocycles. The van der Waals surface area contributed by atoms with Gasteiger partial charge in [-0.05, 0) is 87.7 Å². The predicted octanol–water partition coefficient (Wildman–Crippen LogP) is 3.48. The fourth-order valence-electron chi connectivity index (χ4n) is 6.25. The summed E-state index contributed by atoms with van der Waals surface area (Å²) in [5.41, 5.74) is 0.798. The molecule has 0 aromatic rings. The van der Waals surface area contributed by atoms with E-state index in [2.05, 4.69) is 23.8 Å². The molecule has 0 bridgehead atoms. The van der Waals surface area contributed by atoms with Gasteiger partial charge in [0.05, 0.1) is 0 Å². The number of piperidine rings is 1. The van der Waals surface area contributed by atoms with Crippen LogP contribution in [0.15, 0.2) is 0 Å². The summed E-state index contributed by atoms with van der Waals surface area (Å²) in [7, 11) is 2.31. The Bertz CT molecular complexity index is 350. The molecule has 0 radical (unpaired) electrons. The van der Waals surface area contributed by atoms with E-state index in [1.807, 2.05) is 0 Å². The van der Waals surface area contributed by atoms with Crippen molar-refractivity contribution in [2.45, 2.75) is 51.9 Å². The average Bonchev–Trinajstić information content (AvgIpc) is 2.93. The topological polar surface area (TPSA) is 6.48 Å². The van der Waals surface area contributed by atoms with Crippen molar-refractivity contribution in [3.8, 4) is 0 Å². The molecule has 2 unspecified atom stereocenters. The van der Waals surface area contributed by atoms with Crippen molar-refractivity contribution in [2.75, 3.05) is 39.8 Å². The van der Waals surface area contributed by atoms with E-state index in [4.69, 9.17) is 0 Å². The molecular formula is C19H34N2. The highest BCUT2D eigenvalue weighted by molar-refractivity contribution is 4.97. The minimum absolute atomic E-state index is 0.798. The molecule has 120 valence electrons. The van der Waals surface area contributed by atoms with Gasteiger partial charge in [0.25, 0.3) is 0 Å². The molecular weight excluding hydrogens is 256 g/mol. The maximum absolute atomic E-state index is 2.82. The number of nitrogens with zero attached hydrogens (tertiary/aromatic N) is 2. The first-order valence-corrected chi connectivity index (χ1v) is 9.57. The van der Waals surface area contributed by atoms with Crippen LogP contribution in [0.2, 0.25) is 0 Å². The Hall–Kier alpha value is -0.0800. The van der Waals surface area contributed by atoms with Crippen molar-refractivity contribution < 1.29 is 0 Å². The van der Waals surface area contributed by atoms with Crippen LogP contribution in [0.5, 0.6) is 0 Å². The van der Waals surface area contributed by atoms with Crippen LogP contribution in [0.1, 0.15) is 51.9 Å². The van der Waals surface area contributed by atoms with Gasteiger partial charge in [-0.15, -0.1) is 0 Å². The number of fused-ring (bicyclic) bond motifs is 1. The third-order valence-electron chi connectivity index (χ3n) is 7.49. The van der Waals surface area contributed by atoms with Crippen molar-refractivity contribution in [3.05, 3.63) is 0 Å². The molecule has 0 aromatic heterocycles. The highest BCUT2D eigenvalue weighted by atomic mass is 15.1. The largest absolute Gasteiger partial charge is 0.306 e. The highest BCUT2D eigenvalue weighted by Gasteiger charge is 2.45. The van der Waals surface area contributed by atoms with Gasteiger partial charge in [0.1, 0.15) is 0 Å². The molecule has 2 nitrogen and oxygen atoms in total. The van der Waals surface area contributed by atoms with E-state index >= 15 is 0 Å². The van der Waals surface area contributed by atoms with Crippen molar-refractivity contribution in [2.24, 2.45) is 29.1 Å². The zero-order valence-corrected chi connectivity index (χ0v) is 14.2. The molecule has 4 aliphatic rings. The quantitative estimate of drug-likeness (QED) is 0.785. The Kier molecular flexibility index (Phi) is 3.82. The number of hydrogen-bond acceptors (Lipinski definition) is 2. The summed E-state index contributed by atoms with van der Waals surface area (Å²) in [6.45, 7) is 9.36. The van der Waals surface area contributed by atoms with Gasteiger partial charge >= 0.3 is 0 Å². The van der Waals surface area contributed by atoms with Crippen LogP contribution in [-0.2, 0) is 0 Å². The fourth-order valence-corrected chi connectivity index (χ4v) is 6.25. The maximum atomic E-state index is 2.82. The predicted molar refractivity (Wildman–Crippen MR) is 88.3 cm³/mol. The number of likely N-dealkylation sites (tertiary alicyclic amines) is 2. The Labute approximate surface area is 131 Å². The normalized spacial score (nSPS) is 40.6. The maximum Gasteiger partial charge on any atom is 0.000996 e. The summed E-state index contributed by atoms with van der Waals surface area (Å²) in [4.78, 5) is 5.37. The number of hydrogen-bond donors (Lipinski definition) is 0. The van der Waals surface area contributed by atoms with Crippen LogP contribution in [-0.4, -0.2) is 49.6 Å². The van der Waals surface area contributed by atoms with Gasteiger partial charge in [-0.1, -0.05) is 13.3 Å². The lowest BCUT2D eigenvalue weighted by molar-refractivity contribution is -0.0176. The van der Waals surface area contributed by atoms with E-state index < -0.39 is 0 Å². The fraction of sp³-hybridized carbons (Fsp3) is 1.00. The summed E-state index contributed by atoms with van der Waals surface area (Å²) in [5, 5.41) is 0. The van der Waals surface area contributed by atoms with Crippen LogP contribution in [0.3, 0.4) is 0 Å². The van der Waals surface area contributed by atoms with Crippen LogP contribution in [0.25, 0.3) is 0 Å². The van der Waals surface area contributed by atoms with E-state index in [1.54, 1.807) is 12.8 Å². The van der Waals surface area contributed by atoms with Gasteiger partial charge in [-0.25, -0.2) is 0 Å². The van der Waals surface area contributed by atoms with Crippen molar-refractivity contribution >= 4 is 0 Å². The minimum Gasteiger partial charge on any atom is -0.306 e. The molecule has 21 heavy (non-hydrogen) atoms. The summed E-state index contributed by atoms with van der Waals surface area (Å²) < 4.78 is 0. The van der Waals surface area contributed by atoms with E-state index in [0.29, 0.717) is 0 Å². The lowest BCUT2D eigenvalue weighted by atomic mass is 9.57. The van der Waals surface area contributed by atoms with Crippen LogP contribution in [0.4, 0.5) is 0 Å². The van der Waals surface area contributed by atoms with Crippen molar-refractivity contribution in [3.63, 3.8) is 0 Å². The Balaban J connectivity index is 1.22.